The van der Waals surface area contributed by atoms with Crippen LogP contribution in [0.3, 0.4) is 0 Å². The van der Waals surface area contributed by atoms with Crippen LogP contribution >= 0.6 is 27.3 Å². The van der Waals surface area contributed by atoms with Crippen LogP contribution in [0.4, 0.5) is 5.69 Å². The van der Waals surface area contributed by atoms with Gasteiger partial charge in [0, 0.05) is 14.7 Å². The lowest BCUT2D eigenvalue weighted by Gasteiger charge is -2.09. The summed E-state index contributed by atoms with van der Waals surface area (Å²) in [5.41, 5.74) is 1.46. The molecule has 0 aliphatic rings. The van der Waals surface area contributed by atoms with Gasteiger partial charge in [-0.05, 0) is 46.6 Å². The Labute approximate surface area is 124 Å². The van der Waals surface area contributed by atoms with Crippen LogP contribution in [0.1, 0.15) is 10.4 Å². The first-order valence-electron chi connectivity index (χ1n) is 5.39. The Morgan fingerprint density at radius 2 is 2.11 bits per heavy atom. The fourth-order valence-corrected chi connectivity index (χ4v) is 4.19. The van der Waals surface area contributed by atoms with E-state index >= 15 is 0 Å². The summed E-state index contributed by atoms with van der Waals surface area (Å²) in [7, 11) is -3.62. The maximum Gasteiger partial charge on any atom is 0.262 e. The van der Waals surface area contributed by atoms with Gasteiger partial charge in [-0.1, -0.05) is 6.07 Å². The molecule has 0 spiro atoms. The number of anilines is 1. The molecular weight excluding hydrogens is 350 g/mol. The minimum absolute atomic E-state index is 0.158. The molecule has 0 radical (unpaired) electrons. The minimum Gasteiger partial charge on any atom is -0.391 e. The van der Waals surface area contributed by atoms with Crippen molar-refractivity contribution in [2.45, 2.75) is 18.4 Å². The Morgan fingerprint density at radius 3 is 2.74 bits per heavy atom. The van der Waals surface area contributed by atoms with Gasteiger partial charge in [0.2, 0.25) is 0 Å². The van der Waals surface area contributed by atoms with Crippen LogP contribution in [-0.4, -0.2) is 13.5 Å². The van der Waals surface area contributed by atoms with Crippen molar-refractivity contribution in [3.8, 4) is 0 Å². The van der Waals surface area contributed by atoms with Crippen LogP contribution in [0.15, 0.2) is 39.0 Å². The third-order valence-electron chi connectivity index (χ3n) is 2.46. The number of thiophene rings is 1. The van der Waals surface area contributed by atoms with E-state index in [4.69, 9.17) is 5.11 Å². The quantitative estimate of drug-likeness (QED) is 0.878. The van der Waals surface area contributed by atoms with Crippen LogP contribution in [0.25, 0.3) is 0 Å². The highest BCUT2D eigenvalue weighted by Crippen LogP contribution is 2.27. The second kappa shape index (κ2) is 5.62. The van der Waals surface area contributed by atoms with Crippen LogP contribution in [0.5, 0.6) is 0 Å². The van der Waals surface area contributed by atoms with Crippen molar-refractivity contribution in [3.05, 3.63) is 44.6 Å². The summed E-state index contributed by atoms with van der Waals surface area (Å²) in [5.74, 6) is 0. The molecule has 0 saturated heterocycles. The molecule has 2 rings (SSSR count). The number of benzene rings is 1. The van der Waals surface area contributed by atoms with Gasteiger partial charge in [0.25, 0.3) is 10.0 Å². The SMILES string of the molecule is Cc1ccc(Br)c(NS(=O)(=O)c2csc(CO)c2)c1. The average Bonchev–Trinajstić information content (AvgIpc) is 2.83. The average molecular weight is 362 g/mol. The predicted octanol–water partition coefficient (Wildman–Crippen LogP) is 3.11. The maximum absolute atomic E-state index is 12.2. The molecule has 4 nitrogen and oxygen atoms in total. The van der Waals surface area contributed by atoms with E-state index in [0.717, 1.165) is 5.56 Å². The van der Waals surface area contributed by atoms with Gasteiger partial charge in [-0.15, -0.1) is 11.3 Å². The van der Waals surface area contributed by atoms with Crippen LogP contribution < -0.4 is 4.72 Å². The van der Waals surface area contributed by atoms with Crippen LogP contribution in [0.2, 0.25) is 0 Å². The number of rotatable bonds is 4. The van der Waals surface area contributed by atoms with Gasteiger partial charge in [0.1, 0.15) is 0 Å². The Balaban J connectivity index is 2.33. The third-order valence-corrected chi connectivity index (χ3v) is 5.57. The van der Waals surface area contributed by atoms with Crippen molar-refractivity contribution in [3.63, 3.8) is 0 Å². The molecule has 1 aromatic carbocycles. The van der Waals surface area contributed by atoms with Crippen molar-refractivity contribution < 1.29 is 13.5 Å². The van der Waals surface area contributed by atoms with Crippen molar-refractivity contribution in [2.75, 3.05) is 4.72 Å². The second-order valence-corrected chi connectivity index (χ2v) is 7.53. The van der Waals surface area contributed by atoms with E-state index in [2.05, 4.69) is 20.7 Å². The fourth-order valence-electron chi connectivity index (χ4n) is 1.51. The Hall–Kier alpha value is -0.890. The molecule has 2 N–H and O–H groups in total. The smallest absolute Gasteiger partial charge is 0.262 e. The zero-order valence-corrected chi connectivity index (χ0v) is 13.3. The van der Waals surface area contributed by atoms with E-state index in [1.165, 1.54) is 22.8 Å². The van der Waals surface area contributed by atoms with Gasteiger partial charge in [-0.2, -0.15) is 0 Å². The lowest BCUT2D eigenvalue weighted by molar-refractivity contribution is 0.285. The molecule has 0 atom stereocenters. The summed E-state index contributed by atoms with van der Waals surface area (Å²) < 4.78 is 27.6. The largest absolute Gasteiger partial charge is 0.391 e. The maximum atomic E-state index is 12.2. The fraction of sp³-hybridized carbons (Fsp3) is 0.167. The lowest BCUT2D eigenvalue weighted by atomic mass is 10.2. The molecule has 0 saturated carbocycles. The molecule has 0 fully saturated rings. The molecule has 0 aliphatic heterocycles. The molecule has 0 aliphatic carbocycles. The van der Waals surface area contributed by atoms with E-state index in [1.807, 2.05) is 13.0 Å². The van der Waals surface area contributed by atoms with Crippen LogP contribution in [-0.2, 0) is 16.6 Å². The highest BCUT2D eigenvalue weighted by atomic mass is 79.9. The lowest BCUT2D eigenvalue weighted by Crippen LogP contribution is -2.12. The Morgan fingerprint density at radius 1 is 1.37 bits per heavy atom. The summed E-state index contributed by atoms with van der Waals surface area (Å²) in [4.78, 5) is 0.777. The number of hydrogen-bond donors (Lipinski definition) is 2. The van der Waals surface area contributed by atoms with Gasteiger partial charge >= 0.3 is 0 Å². The van der Waals surface area contributed by atoms with Gasteiger partial charge < -0.3 is 5.11 Å². The normalized spacial score (nSPS) is 11.5. The molecule has 0 amide bonds. The summed E-state index contributed by atoms with van der Waals surface area (Å²) >= 11 is 4.52. The zero-order chi connectivity index (χ0) is 14.0. The highest BCUT2D eigenvalue weighted by Gasteiger charge is 2.17. The molecule has 0 unspecified atom stereocenters. The molecule has 7 heteroatoms. The summed E-state index contributed by atoms with van der Waals surface area (Å²) in [5, 5.41) is 10.5. The summed E-state index contributed by atoms with van der Waals surface area (Å²) in [6.07, 6.45) is 0. The first kappa shape index (κ1) is 14.5. The van der Waals surface area contributed by atoms with Gasteiger partial charge in [-0.3, -0.25) is 4.72 Å². The third kappa shape index (κ3) is 3.36. The number of aryl methyl sites for hydroxylation is 1. The van der Waals surface area contributed by atoms with E-state index < -0.39 is 10.0 Å². The van der Waals surface area contributed by atoms with Crippen molar-refractivity contribution in [2.24, 2.45) is 0 Å². The minimum atomic E-state index is -3.62. The first-order valence-corrected chi connectivity index (χ1v) is 8.55. The van der Waals surface area contributed by atoms with Crippen molar-refractivity contribution >= 4 is 43.0 Å². The Kier molecular flexibility index (Phi) is 4.29. The topological polar surface area (TPSA) is 66.4 Å². The zero-order valence-electron chi connectivity index (χ0n) is 10.1. The predicted molar refractivity (Wildman–Crippen MR) is 79.9 cm³/mol. The van der Waals surface area contributed by atoms with E-state index in [-0.39, 0.29) is 11.5 Å². The van der Waals surface area contributed by atoms with Crippen LogP contribution in [0, 0.1) is 6.92 Å². The monoisotopic (exact) mass is 361 g/mol. The van der Waals surface area contributed by atoms with E-state index in [1.54, 1.807) is 12.1 Å². The first-order chi connectivity index (χ1) is 8.92. The van der Waals surface area contributed by atoms with Gasteiger partial charge in [0.15, 0.2) is 0 Å². The number of halogens is 1. The number of aliphatic hydroxyl groups excluding tert-OH is 1. The molecule has 19 heavy (non-hydrogen) atoms. The standard InChI is InChI=1S/C12H12BrNO3S2/c1-8-2-3-11(13)12(4-8)14-19(16,17)10-5-9(6-15)18-7-10/h2-5,7,14-15H,6H2,1H3. The number of aliphatic hydroxyl groups is 1. The molecule has 0 bridgehead atoms. The summed E-state index contributed by atoms with van der Waals surface area (Å²) in [6.45, 7) is 1.73. The molecule has 1 aromatic heterocycles. The molecule has 1 heterocycles. The van der Waals surface area contributed by atoms with E-state index in [0.29, 0.717) is 15.0 Å². The molecular formula is C12H12BrNO3S2. The number of sulfonamides is 1. The number of hydrogen-bond acceptors (Lipinski definition) is 4. The van der Waals surface area contributed by atoms with Gasteiger partial charge in [-0.25, -0.2) is 8.42 Å². The molecule has 102 valence electrons. The number of nitrogens with one attached hydrogen (secondary N) is 1. The second-order valence-electron chi connectivity index (χ2n) is 4.00. The molecule has 2 aromatic rings. The summed E-state index contributed by atoms with van der Waals surface area (Å²) in [6, 6.07) is 6.90. The van der Waals surface area contributed by atoms with E-state index in [9.17, 15) is 8.42 Å². The van der Waals surface area contributed by atoms with Gasteiger partial charge in [0.05, 0.1) is 17.2 Å². The van der Waals surface area contributed by atoms with Crippen molar-refractivity contribution in [1.29, 1.82) is 0 Å². The highest BCUT2D eigenvalue weighted by molar-refractivity contribution is 9.10. The van der Waals surface area contributed by atoms with Crippen molar-refractivity contribution in [1.82, 2.24) is 0 Å². The Bertz CT molecular complexity index is 695.